The Bertz CT molecular complexity index is 616. The first-order valence-electron chi connectivity index (χ1n) is 6.11. The molecule has 1 amide bonds. The van der Waals surface area contributed by atoms with Crippen molar-refractivity contribution in [1.82, 2.24) is 9.88 Å². The average Bonchev–Trinajstić information content (AvgIpc) is 2.59. The summed E-state index contributed by atoms with van der Waals surface area (Å²) >= 11 is 0. The van der Waals surface area contributed by atoms with Gasteiger partial charge >= 0.3 is 0 Å². The normalized spacial score (nSPS) is 14.7. The Morgan fingerprint density at radius 2 is 2.22 bits per heavy atom. The minimum Gasteiger partial charge on any atom is -0.496 e. The molecular formula is C14H16N2O2. The molecule has 4 heteroatoms. The number of amides is 1. The van der Waals surface area contributed by atoms with Gasteiger partial charge in [0.15, 0.2) is 0 Å². The number of nitrogens with zero attached hydrogens (tertiary/aromatic N) is 1. The number of carbonyl (C=O) groups excluding carboxylic acids is 1. The number of hydrogen-bond acceptors (Lipinski definition) is 2. The molecule has 1 aromatic carbocycles. The van der Waals surface area contributed by atoms with Gasteiger partial charge < -0.3 is 14.6 Å². The van der Waals surface area contributed by atoms with Gasteiger partial charge in [-0.1, -0.05) is 0 Å². The van der Waals surface area contributed by atoms with Crippen LogP contribution in [-0.2, 0) is 17.8 Å². The second-order valence-electron chi connectivity index (χ2n) is 4.72. The van der Waals surface area contributed by atoms with Crippen molar-refractivity contribution in [2.75, 3.05) is 13.7 Å². The number of aromatic nitrogens is 1. The highest BCUT2D eigenvalue weighted by Gasteiger charge is 2.21. The van der Waals surface area contributed by atoms with Crippen LogP contribution in [0.1, 0.15) is 16.8 Å². The van der Waals surface area contributed by atoms with Gasteiger partial charge in [0.2, 0.25) is 6.41 Å². The van der Waals surface area contributed by atoms with E-state index in [9.17, 15) is 4.79 Å². The van der Waals surface area contributed by atoms with Crippen LogP contribution in [-0.4, -0.2) is 29.9 Å². The highest BCUT2D eigenvalue weighted by molar-refractivity contribution is 5.90. The van der Waals surface area contributed by atoms with E-state index in [-0.39, 0.29) is 0 Å². The predicted molar refractivity (Wildman–Crippen MR) is 69.8 cm³/mol. The Balaban J connectivity index is 2.30. The van der Waals surface area contributed by atoms with E-state index in [1.54, 1.807) is 12.0 Å². The number of rotatable bonds is 2. The van der Waals surface area contributed by atoms with Crippen molar-refractivity contribution in [3.05, 3.63) is 29.0 Å². The fourth-order valence-corrected chi connectivity index (χ4v) is 2.83. The molecule has 0 saturated heterocycles. The van der Waals surface area contributed by atoms with Crippen LogP contribution >= 0.6 is 0 Å². The summed E-state index contributed by atoms with van der Waals surface area (Å²) < 4.78 is 5.43. The fraction of sp³-hybridized carbons (Fsp3) is 0.357. The Morgan fingerprint density at radius 1 is 1.39 bits per heavy atom. The van der Waals surface area contributed by atoms with Crippen LogP contribution in [0.2, 0.25) is 0 Å². The molecule has 0 aliphatic carbocycles. The third-order valence-electron chi connectivity index (χ3n) is 3.73. The molecule has 2 aromatic rings. The van der Waals surface area contributed by atoms with E-state index in [0.29, 0.717) is 6.54 Å². The second-order valence-corrected chi connectivity index (χ2v) is 4.72. The molecule has 1 aliphatic heterocycles. The molecular weight excluding hydrogens is 228 g/mol. The standard InChI is InChI=1S/C14H16N2O2/c1-9-10-5-6-16(8-17)7-11-13(18-2)4-3-12(15-9)14(10)11/h3-4,8,15H,5-7H2,1-2H3. The molecule has 4 nitrogen and oxygen atoms in total. The molecule has 3 rings (SSSR count). The quantitative estimate of drug-likeness (QED) is 0.821. The Kier molecular flexibility index (Phi) is 2.51. The van der Waals surface area contributed by atoms with Gasteiger partial charge in [-0.2, -0.15) is 0 Å². The van der Waals surface area contributed by atoms with Crippen molar-refractivity contribution < 1.29 is 9.53 Å². The summed E-state index contributed by atoms with van der Waals surface area (Å²) in [6.07, 6.45) is 1.81. The lowest BCUT2D eigenvalue weighted by Gasteiger charge is -2.16. The van der Waals surface area contributed by atoms with Gasteiger partial charge in [0, 0.05) is 35.2 Å². The van der Waals surface area contributed by atoms with Gasteiger partial charge in [0.25, 0.3) is 0 Å². The van der Waals surface area contributed by atoms with E-state index < -0.39 is 0 Å². The number of carbonyl (C=O) groups is 1. The van der Waals surface area contributed by atoms with Crippen molar-refractivity contribution >= 4 is 17.3 Å². The number of ether oxygens (including phenoxy) is 1. The summed E-state index contributed by atoms with van der Waals surface area (Å²) in [5.41, 5.74) is 4.74. The minimum atomic E-state index is 0.619. The summed E-state index contributed by atoms with van der Waals surface area (Å²) in [6, 6.07) is 4.01. The third kappa shape index (κ3) is 1.49. The Labute approximate surface area is 106 Å². The molecule has 0 atom stereocenters. The first-order chi connectivity index (χ1) is 8.74. The first kappa shape index (κ1) is 11.1. The number of methoxy groups -OCH3 is 1. The molecule has 0 fully saturated rings. The van der Waals surface area contributed by atoms with E-state index in [2.05, 4.69) is 11.9 Å². The van der Waals surface area contributed by atoms with Gasteiger partial charge in [0.05, 0.1) is 7.11 Å². The molecule has 1 aliphatic rings. The van der Waals surface area contributed by atoms with Gasteiger partial charge in [-0.15, -0.1) is 0 Å². The number of aryl methyl sites for hydroxylation is 1. The van der Waals surface area contributed by atoms with Gasteiger partial charge in [0.1, 0.15) is 5.75 Å². The van der Waals surface area contributed by atoms with E-state index in [1.807, 2.05) is 12.1 Å². The maximum Gasteiger partial charge on any atom is 0.210 e. The molecule has 0 spiro atoms. The number of hydrogen-bond donors (Lipinski definition) is 1. The Hall–Kier alpha value is -1.97. The van der Waals surface area contributed by atoms with Gasteiger partial charge in [-0.25, -0.2) is 0 Å². The maximum atomic E-state index is 11.1. The first-order valence-corrected chi connectivity index (χ1v) is 6.11. The molecule has 0 bridgehead atoms. The lowest BCUT2D eigenvalue weighted by atomic mass is 10.0. The van der Waals surface area contributed by atoms with E-state index in [0.717, 1.165) is 36.2 Å². The molecule has 0 radical (unpaired) electrons. The summed E-state index contributed by atoms with van der Waals surface area (Å²) in [4.78, 5) is 16.3. The van der Waals surface area contributed by atoms with Crippen LogP contribution in [0, 0.1) is 6.92 Å². The zero-order valence-corrected chi connectivity index (χ0v) is 10.6. The molecule has 2 heterocycles. The molecule has 0 saturated carbocycles. The number of aromatic amines is 1. The molecule has 1 N–H and O–H groups in total. The molecule has 0 unspecified atom stereocenters. The molecule has 1 aromatic heterocycles. The zero-order chi connectivity index (χ0) is 12.7. The van der Waals surface area contributed by atoms with Crippen LogP contribution in [0.4, 0.5) is 0 Å². The smallest absolute Gasteiger partial charge is 0.210 e. The average molecular weight is 244 g/mol. The van der Waals surface area contributed by atoms with Crippen LogP contribution < -0.4 is 4.74 Å². The SMILES string of the molecule is COc1ccc2[nH]c(C)c3c2c1CN(C=O)CC3. The van der Waals surface area contributed by atoms with Crippen LogP contribution in [0.25, 0.3) is 10.9 Å². The highest BCUT2D eigenvalue weighted by Crippen LogP contribution is 2.35. The van der Waals surface area contributed by atoms with Crippen molar-refractivity contribution in [2.24, 2.45) is 0 Å². The van der Waals surface area contributed by atoms with E-state index in [4.69, 9.17) is 4.74 Å². The molecule has 94 valence electrons. The minimum absolute atomic E-state index is 0.619. The van der Waals surface area contributed by atoms with Crippen LogP contribution in [0.15, 0.2) is 12.1 Å². The third-order valence-corrected chi connectivity index (χ3v) is 3.73. The topological polar surface area (TPSA) is 45.3 Å². The Morgan fingerprint density at radius 3 is 2.94 bits per heavy atom. The maximum absolute atomic E-state index is 11.1. The monoisotopic (exact) mass is 244 g/mol. The summed E-state index contributed by atoms with van der Waals surface area (Å²) in [7, 11) is 1.67. The number of benzene rings is 1. The van der Waals surface area contributed by atoms with Gasteiger partial charge in [-0.3, -0.25) is 4.79 Å². The number of nitrogens with one attached hydrogen (secondary N) is 1. The van der Waals surface area contributed by atoms with Crippen molar-refractivity contribution in [3.8, 4) is 5.75 Å². The lowest BCUT2D eigenvalue weighted by Crippen LogP contribution is -2.22. The van der Waals surface area contributed by atoms with Gasteiger partial charge in [-0.05, 0) is 31.0 Å². The van der Waals surface area contributed by atoms with Crippen molar-refractivity contribution in [3.63, 3.8) is 0 Å². The van der Waals surface area contributed by atoms with E-state index >= 15 is 0 Å². The fourth-order valence-electron chi connectivity index (χ4n) is 2.83. The molecule has 18 heavy (non-hydrogen) atoms. The van der Waals surface area contributed by atoms with E-state index in [1.165, 1.54) is 16.6 Å². The predicted octanol–water partition coefficient (Wildman–Crippen LogP) is 2.00. The second kappa shape index (κ2) is 4.05. The van der Waals surface area contributed by atoms with Crippen LogP contribution in [0.5, 0.6) is 5.75 Å². The zero-order valence-electron chi connectivity index (χ0n) is 10.6. The summed E-state index contributed by atoms with van der Waals surface area (Å²) in [6.45, 7) is 3.46. The number of H-pyrrole nitrogens is 1. The van der Waals surface area contributed by atoms with Crippen molar-refractivity contribution in [2.45, 2.75) is 19.9 Å². The van der Waals surface area contributed by atoms with Crippen LogP contribution in [0.3, 0.4) is 0 Å². The van der Waals surface area contributed by atoms with Crippen molar-refractivity contribution in [1.29, 1.82) is 0 Å². The lowest BCUT2D eigenvalue weighted by molar-refractivity contribution is -0.118. The largest absolute Gasteiger partial charge is 0.496 e. The summed E-state index contributed by atoms with van der Waals surface area (Å²) in [5, 5.41) is 1.23. The summed E-state index contributed by atoms with van der Waals surface area (Å²) in [5.74, 6) is 0.858. The highest BCUT2D eigenvalue weighted by atomic mass is 16.5.